The second-order valence-electron chi connectivity index (χ2n) is 5.19. The van der Waals surface area contributed by atoms with Crippen LogP contribution in [0.2, 0.25) is 0 Å². The highest BCUT2D eigenvalue weighted by atomic mass is 32.2. The molecule has 1 atom stereocenters. The molecule has 0 aliphatic carbocycles. The Morgan fingerprint density at radius 3 is 2.55 bits per heavy atom. The Labute approximate surface area is 129 Å². The molecule has 6 heteroatoms. The van der Waals surface area contributed by atoms with Gasteiger partial charge >= 0.3 is 0 Å². The molecule has 0 radical (unpaired) electrons. The minimum atomic E-state index is -3.63. The SMILES string of the molecule is N#CCCC(C#N)CN1c2cccc3cccc(c23)S1(=O)=O. The lowest BCUT2D eigenvalue weighted by molar-refractivity contribution is 0.576. The van der Waals surface area contributed by atoms with Crippen LogP contribution in [0, 0.1) is 28.6 Å². The minimum absolute atomic E-state index is 0.0777. The summed E-state index contributed by atoms with van der Waals surface area (Å²) >= 11 is 0. The van der Waals surface area contributed by atoms with E-state index in [1.54, 1.807) is 18.2 Å². The molecule has 110 valence electrons. The molecule has 22 heavy (non-hydrogen) atoms. The zero-order valence-electron chi connectivity index (χ0n) is 11.7. The van der Waals surface area contributed by atoms with E-state index in [1.807, 2.05) is 24.3 Å². The summed E-state index contributed by atoms with van der Waals surface area (Å²) in [6, 6.07) is 14.7. The number of hydrogen-bond donors (Lipinski definition) is 0. The largest absolute Gasteiger partial charge is 0.265 e. The van der Waals surface area contributed by atoms with Crippen molar-refractivity contribution in [2.75, 3.05) is 10.8 Å². The summed E-state index contributed by atoms with van der Waals surface area (Å²) in [5.41, 5.74) is 0.616. The van der Waals surface area contributed by atoms with Crippen molar-refractivity contribution < 1.29 is 8.42 Å². The number of hydrogen-bond acceptors (Lipinski definition) is 4. The molecule has 0 bridgehead atoms. The van der Waals surface area contributed by atoms with Crippen molar-refractivity contribution in [3.8, 4) is 12.1 Å². The monoisotopic (exact) mass is 311 g/mol. The topological polar surface area (TPSA) is 85.0 Å². The van der Waals surface area contributed by atoms with E-state index >= 15 is 0 Å². The fraction of sp³-hybridized carbons (Fsp3) is 0.250. The van der Waals surface area contributed by atoms with Crippen molar-refractivity contribution in [1.82, 2.24) is 0 Å². The van der Waals surface area contributed by atoms with Crippen molar-refractivity contribution in [2.45, 2.75) is 17.7 Å². The fourth-order valence-corrected chi connectivity index (χ4v) is 4.55. The molecule has 1 heterocycles. The average molecular weight is 311 g/mol. The van der Waals surface area contributed by atoms with E-state index in [0.717, 1.165) is 5.39 Å². The molecule has 1 aliphatic rings. The van der Waals surface area contributed by atoms with E-state index in [1.165, 1.54) is 4.31 Å². The average Bonchev–Trinajstić information content (AvgIpc) is 2.74. The molecule has 0 N–H and O–H groups in total. The van der Waals surface area contributed by atoms with Gasteiger partial charge in [0.15, 0.2) is 0 Å². The van der Waals surface area contributed by atoms with Gasteiger partial charge in [0.05, 0.1) is 35.2 Å². The molecular formula is C16H13N3O2S. The van der Waals surface area contributed by atoms with Gasteiger partial charge in [0.2, 0.25) is 0 Å². The van der Waals surface area contributed by atoms with Crippen LogP contribution < -0.4 is 4.31 Å². The fourth-order valence-electron chi connectivity index (χ4n) is 2.79. The minimum Gasteiger partial charge on any atom is -0.264 e. The zero-order chi connectivity index (χ0) is 15.7. The Bertz CT molecular complexity index is 917. The van der Waals surface area contributed by atoms with Crippen molar-refractivity contribution in [3.63, 3.8) is 0 Å². The summed E-state index contributed by atoms with van der Waals surface area (Å²) in [5, 5.41) is 19.4. The molecule has 1 aliphatic heterocycles. The number of benzene rings is 2. The van der Waals surface area contributed by atoms with Crippen LogP contribution in [0.3, 0.4) is 0 Å². The second kappa shape index (κ2) is 5.32. The molecule has 0 amide bonds. The third kappa shape index (κ3) is 2.09. The highest BCUT2D eigenvalue weighted by molar-refractivity contribution is 7.93. The lowest BCUT2D eigenvalue weighted by atomic mass is 10.0. The van der Waals surface area contributed by atoms with Gasteiger partial charge in [-0.3, -0.25) is 4.31 Å². The molecule has 0 saturated heterocycles. The maximum absolute atomic E-state index is 12.7. The van der Waals surface area contributed by atoms with E-state index in [9.17, 15) is 13.7 Å². The molecular weight excluding hydrogens is 298 g/mol. The molecule has 0 spiro atoms. The Kier molecular flexibility index (Phi) is 3.48. The van der Waals surface area contributed by atoms with Crippen LogP contribution in [-0.2, 0) is 10.0 Å². The van der Waals surface area contributed by atoms with E-state index in [-0.39, 0.29) is 17.9 Å². The number of sulfonamides is 1. The molecule has 2 aromatic rings. The first-order valence-corrected chi connectivity index (χ1v) is 8.34. The Morgan fingerprint density at radius 1 is 1.14 bits per heavy atom. The summed E-state index contributed by atoms with van der Waals surface area (Å²) < 4.78 is 26.8. The van der Waals surface area contributed by atoms with Crippen LogP contribution in [0.1, 0.15) is 12.8 Å². The predicted molar refractivity (Wildman–Crippen MR) is 82.4 cm³/mol. The molecule has 0 saturated carbocycles. The standard InChI is InChI=1S/C16H13N3O2S/c17-9-3-4-12(10-18)11-19-14-7-1-5-13-6-2-8-15(16(13)14)22(19,20)21/h1-2,5-8,12H,3-4,11H2. The molecule has 2 aromatic carbocycles. The van der Waals surface area contributed by atoms with Crippen LogP contribution in [0.4, 0.5) is 5.69 Å². The molecule has 5 nitrogen and oxygen atoms in total. The summed E-state index contributed by atoms with van der Waals surface area (Å²) in [5.74, 6) is -0.501. The van der Waals surface area contributed by atoms with Crippen molar-refractivity contribution in [3.05, 3.63) is 36.4 Å². The summed E-state index contributed by atoms with van der Waals surface area (Å²) in [6.07, 6.45) is 0.606. The highest BCUT2D eigenvalue weighted by Crippen LogP contribution is 2.42. The maximum atomic E-state index is 12.7. The second-order valence-corrected chi connectivity index (χ2v) is 7.02. The van der Waals surface area contributed by atoms with Gasteiger partial charge in [0.1, 0.15) is 0 Å². The van der Waals surface area contributed by atoms with Gasteiger partial charge in [0, 0.05) is 11.8 Å². The van der Waals surface area contributed by atoms with Gasteiger partial charge in [-0.05, 0) is 23.9 Å². The van der Waals surface area contributed by atoms with Gasteiger partial charge in [-0.25, -0.2) is 8.42 Å². The van der Waals surface area contributed by atoms with Crippen molar-refractivity contribution in [1.29, 1.82) is 10.5 Å². The van der Waals surface area contributed by atoms with Crippen LogP contribution >= 0.6 is 0 Å². The number of anilines is 1. The Hall–Kier alpha value is -2.57. The summed E-state index contributed by atoms with van der Waals surface area (Å²) in [4.78, 5) is 0.289. The van der Waals surface area contributed by atoms with Crippen LogP contribution in [-0.4, -0.2) is 15.0 Å². The smallest absolute Gasteiger partial charge is 0.264 e. The van der Waals surface area contributed by atoms with Gasteiger partial charge < -0.3 is 0 Å². The Balaban J connectivity index is 2.07. The number of rotatable bonds is 4. The number of nitriles is 2. The number of nitrogens with zero attached hydrogens (tertiary/aromatic N) is 3. The van der Waals surface area contributed by atoms with E-state index < -0.39 is 15.9 Å². The summed E-state index contributed by atoms with van der Waals surface area (Å²) in [6.45, 7) is 0.0777. The molecule has 1 unspecified atom stereocenters. The molecule has 0 aromatic heterocycles. The predicted octanol–water partition coefficient (Wildman–Crippen LogP) is 2.79. The third-order valence-electron chi connectivity index (χ3n) is 3.85. The normalized spacial score (nSPS) is 16.2. The first-order valence-electron chi connectivity index (χ1n) is 6.90. The summed E-state index contributed by atoms with van der Waals surface area (Å²) in [7, 11) is -3.63. The van der Waals surface area contributed by atoms with Gasteiger partial charge in [-0.2, -0.15) is 10.5 Å². The van der Waals surface area contributed by atoms with E-state index in [2.05, 4.69) is 6.07 Å². The lowest BCUT2D eigenvalue weighted by Crippen LogP contribution is -2.32. The lowest BCUT2D eigenvalue weighted by Gasteiger charge is -2.21. The van der Waals surface area contributed by atoms with E-state index in [0.29, 0.717) is 17.5 Å². The highest BCUT2D eigenvalue weighted by Gasteiger charge is 2.36. The van der Waals surface area contributed by atoms with Gasteiger partial charge in [-0.15, -0.1) is 0 Å². The maximum Gasteiger partial charge on any atom is 0.265 e. The first-order chi connectivity index (χ1) is 10.6. The zero-order valence-corrected chi connectivity index (χ0v) is 12.5. The van der Waals surface area contributed by atoms with Crippen LogP contribution in [0.25, 0.3) is 10.8 Å². The van der Waals surface area contributed by atoms with Crippen LogP contribution in [0.5, 0.6) is 0 Å². The van der Waals surface area contributed by atoms with Gasteiger partial charge in [-0.1, -0.05) is 24.3 Å². The van der Waals surface area contributed by atoms with Crippen LogP contribution in [0.15, 0.2) is 41.3 Å². The van der Waals surface area contributed by atoms with Crippen molar-refractivity contribution >= 4 is 26.5 Å². The van der Waals surface area contributed by atoms with E-state index in [4.69, 9.17) is 5.26 Å². The third-order valence-corrected chi connectivity index (χ3v) is 5.68. The Morgan fingerprint density at radius 2 is 1.86 bits per heavy atom. The molecule has 0 fully saturated rings. The molecule has 3 rings (SSSR count). The first kappa shape index (κ1) is 14.4. The van der Waals surface area contributed by atoms with Crippen molar-refractivity contribution in [2.24, 2.45) is 5.92 Å². The quantitative estimate of drug-likeness (QED) is 0.869. The van der Waals surface area contributed by atoms with Gasteiger partial charge in [0.25, 0.3) is 10.0 Å².